The maximum atomic E-state index is 11.6. The molecule has 0 radical (unpaired) electrons. The van der Waals surface area contributed by atoms with Gasteiger partial charge in [-0.2, -0.15) is 0 Å². The van der Waals surface area contributed by atoms with E-state index in [4.69, 9.17) is 14.6 Å². The van der Waals surface area contributed by atoms with Gasteiger partial charge in [-0.05, 0) is 20.8 Å². The van der Waals surface area contributed by atoms with E-state index in [1.807, 2.05) is 0 Å². The molecule has 1 aliphatic heterocycles. The van der Waals surface area contributed by atoms with Crippen LogP contribution in [0.25, 0.3) is 0 Å². The van der Waals surface area contributed by atoms with E-state index < -0.39 is 23.8 Å². The summed E-state index contributed by atoms with van der Waals surface area (Å²) < 4.78 is 9.92. The van der Waals surface area contributed by atoms with Crippen molar-refractivity contribution in [3.05, 3.63) is 0 Å². The Labute approximate surface area is 94.1 Å². The average molecular weight is 231 g/mol. The minimum atomic E-state index is -0.659. The number of esters is 1. The van der Waals surface area contributed by atoms with Crippen LogP contribution in [0.1, 0.15) is 20.8 Å². The van der Waals surface area contributed by atoms with Crippen molar-refractivity contribution < 1.29 is 24.2 Å². The van der Waals surface area contributed by atoms with E-state index >= 15 is 0 Å². The fraction of sp³-hybridized carbons (Fsp3) is 0.800. The highest BCUT2D eigenvalue weighted by atomic mass is 16.6. The second kappa shape index (κ2) is 4.69. The van der Waals surface area contributed by atoms with Crippen LogP contribution >= 0.6 is 0 Å². The van der Waals surface area contributed by atoms with Gasteiger partial charge >= 0.3 is 12.1 Å². The molecule has 0 aromatic carbocycles. The SMILES string of the molecule is CC(C)(C)OC(=O)N1CC(=O)OC(CO)C1. The summed E-state index contributed by atoms with van der Waals surface area (Å²) in [7, 11) is 0. The zero-order valence-electron chi connectivity index (χ0n) is 9.73. The second-order valence-electron chi connectivity index (χ2n) is 4.66. The third-order valence-electron chi connectivity index (χ3n) is 1.90. The maximum absolute atomic E-state index is 11.6. The van der Waals surface area contributed by atoms with E-state index in [9.17, 15) is 9.59 Å². The lowest BCUT2D eigenvalue weighted by molar-refractivity contribution is -0.160. The summed E-state index contributed by atoms with van der Waals surface area (Å²) in [6.07, 6.45) is -1.23. The number of morpholine rings is 1. The molecule has 0 saturated carbocycles. The van der Waals surface area contributed by atoms with Crippen LogP contribution in [0.3, 0.4) is 0 Å². The molecular weight excluding hydrogens is 214 g/mol. The summed E-state index contributed by atoms with van der Waals surface area (Å²) in [4.78, 5) is 24.0. The van der Waals surface area contributed by atoms with Gasteiger partial charge in [0.05, 0.1) is 13.2 Å². The first-order valence-electron chi connectivity index (χ1n) is 5.10. The number of carbonyl (C=O) groups excluding carboxylic acids is 2. The van der Waals surface area contributed by atoms with E-state index in [0.717, 1.165) is 0 Å². The van der Waals surface area contributed by atoms with Gasteiger partial charge in [-0.25, -0.2) is 4.79 Å². The van der Waals surface area contributed by atoms with Crippen LogP contribution in [0.5, 0.6) is 0 Å². The molecule has 1 fully saturated rings. The summed E-state index contributed by atoms with van der Waals surface area (Å²) in [5.41, 5.74) is -0.604. The van der Waals surface area contributed by atoms with Crippen LogP contribution < -0.4 is 0 Å². The lowest BCUT2D eigenvalue weighted by atomic mass is 10.2. The van der Waals surface area contributed by atoms with Crippen LogP contribution in [0.4, 0.5) is 4.79 Å². The molecule has 0 aliphatic carbocycles. The maximum Gasteiger partial charge on any atom is 0.410 e. The Kier molecular flexibility index (Phi) is 3.74. The van der Waals surface area contributed by atoms with Crippen LogP contribution in [-0.4, -0.2) is 53.5 Å². The molecular formula is C10H17NO5. The topological polar surface area (TPSA) is 76.1 Å². The molecule has 0 aromatic heterocycles. The van der Waals surface area contributed by atoms with E-state index in [1.54, 1.807) is 20.8 Å². The highest BCUT2D eigenvalue weighted by molar-refractivity contribution is 5.79. The van der Waals surface area contributed by atoms with E-state index in [0.29, 0.717) is 0 Å². The standard InChI is InChI=1S/C10H17NO5/c1-10(2,3)16-9(14)11-4-7(6-12)15-8(13)5-11/h7,12H,4-6H2,1-3H3. The molecule has 1 saturated heterocycles. The number of amides is 1. The summed E-state index contributed by atoms with van der Waals surface area (Å²) >= 11 is 0. The Morgan fingerprint density at radius 2 is 2.25 bits per heavy atom. The number of cyclic esters (lactones) is 1. The molecule has 1 amide bonds. The summed E-state index contributed by atoms with van der Waals surface area (Å²) in [5, 5.41) is 8.88. The molecule has 6 nitrogen and oxygen atoms in total. The van der Waals surface area contributed by atoms with Crippen LogP contribution in [0, 0.1) is 0 Å². The highest BCUT2D eigenvalue weighted by Gasteiger charge is 2.32. The average Bonchev–Trinajstić information content (AvgIpc) is 2.14. The molecule has 1 atom stereocenters. The Balaban J connectivity index is 2.59. The number of carbonyl (C=O) groups is 2. The van der Waals surface area contributed by atoms with Crippen molar-refractivity contribution in [2.75, 3.05) is 19.7 Å². The van der Waals surface area contributed by atoms with Crippen LogP contribution in [0.2, 0.25) is 0 Å². The third-order valence-corrected chi connectivity index (χ3v) is 1.90. The summed E-state index contributed by atoms with van der Waals surface area (Å²) in [5.74, 6) is -0.531. The summed E-state index contributed by atoms with van der Waals surface area (Å²) in [6.45, 7) is 4.97. The van der Waals surface area contributed by atoms with Gasteiger partial charge in [0, 0.05) is 0 Å². The smallest absolute Gasteiger partial charge is 0.410 e. The molecule has 1 aliphatic rings. The monoisotopic (exact) mass is 231 g/mol. The first-order valence-corrected chi connectivity index (χ1v) is 5.10. The molecule has 92 valence electrons. The number of aliphatic hydroxyl groups excluding tert-OH is 1. The molecule has 0 bridgehead atoms. The minimum absolute atomic E-state index is 0.134. The number of rotatable bonds is 1. The number of hydrogen-bond donors (Lipinski definition) is 1. The zero-order chi connectivity index (χ0) is 12.3. The Hall–Kier alpha value is -1.30. The van der Waals surface area contributed by atoms with E-state index in [2.05, 4.69) is 0 Å². The minimum Gasteiger partial charge on any atom is -0.457 e. The second-order valence-corrected chi connectivity index (χ2v) is 4.66. The number of ether oxygens (including phenoxy) is 2. The molecule has 1 unspecified atom stereocenters. The van der Waals surface area contributed by atoms with Gasteiger partial charge in [0.15, 0.2) is 0 Å². The Morgan fingerprint density at radius 3 is 2.75 bits per heavy atom. The van der Waals surface area contributed by atoms with Gasteiger partial charge in [-0.15, -0.1) is 0 Å². The summed E-state index contributed by atoms with van der Waals surface area (Å²) in [6, 6.07) is 0. The molecule has 1 rings (SSSR count). The first-order chi connectivity index (χ1) is 7.31. The van der Waals surface area contributed by atoms with Crippen molar-refractivity contribution in [2.45, 2.75) is 32.5 Å². The van der Waals surface area contributed by atoms with Gasteiger partial charge in [0.1, 0.15) is 18.2 Å². The molecule has 6 heteroatoms. The highest BCUT2D eigenvalue weighted by Crippen LogP contribution is 2.13. The molecule has 0 spiro atoms. The van der Waals surface area contributed by atoms with Gasteiger partial charge in [0.25, 0.3) is 0 Å². The van der Waals surface area contributed by atoms with Crippen LogP contribution in [0.15, 0.2) is 0 Å². The van der Waals surface area contributed by atoms with Gasteiger partial charge < -0.3 is 14.6 Å². The van der Waals surface area contributed by atoms with Crippen molar-refractivity contribution in [3.8, 4) is 0 Å². The third kappa shape index (κ3) is 3.69. The number of nitrogens with zero attached hydrogens (tertiary/aromatic N) is 1. The van der Waals surface area contributed by atoms with Crippen LogP contribution in [-0.2, 0) is 14.3 Å². The fourth-order valence-electron chi connectivity index (χ4n) is 1.29. The lowest BCUT2D eigenvalue weighted by Crippen LogP contribution is -2.50. The van der Waals surface area contributed by atoms with Crippen molar-refractivity contribution >= 4 is 12.1 Å². The van der Waals surface area contributed by atoms with Crippen molar-refractivity contribution in [2.24, 2.45) is 0 Å². The molecule has 1 N–H and O–H groups in total. The van der Waals surface area contributed by atoms with Crippen molar-refractivity contribution in [1.29, 1.82) is 0 Å². The normalized spacial score (nSPS) is 21.6. The predicted octanol–water partition coefficient (Wildman–Crippen LogP) is 0.141. The molecule has 16 heavy (non-hydrogen) atoms. The van der Waals surface area contributed by atoms with E-state index in [-0.39, 0.29) is 19.7 Å². The Bertz CT molecular complexity index is 283. The lowest BCUT2D eigenvalue weighted by Gasteiger charge is -2.32. The molecule has 0 aromatic rings. The van der Waals surface area contributed by atoms with Crippen molar-refractivity contribution in [1.82, 2.24) is 4.90 Å². The number of aliphatic hydroxyl groups is 1. The zero-order valence-corrected chi connectivity index (χ0v) is 9.73. The Morgan fingerprint density at radius 1 is 1.62 bits per heavy atom. The van der Waals surface area contributed by atoms with E-state index in [1.165, 1.54) is 4.90 Å². The van der Waals surface area contributed by atoms with Gasteiger partial charge in [-0.3, -0.25) is 9.69 Å². The number of hydrogen-bond acceptors (Lipinski definition) is 5. The quantitative estimate of drug-likeness (QED) is 0.650. The van der Waals surface area contributed by atoms with Gasteiger partial charge in [-0.1, -0.05) is 0 Å². The first kappa shape index (κ1) is 12.8. The predicted molar refractivity (Wildman–Crippen MR) is 54.8 cm³/mol. The molecule has 1 heterocycles. The van der Waals surface area contributed by atoms with Gasteiger partial charge in [0.2, 0.25) is 0 Å². The largest absolute Gasteiger partial charge is 0.457 e. The van der Waals surface area contributed by atoms with Crippen molar-refractivity contribution in [3.63, 3.8) is 0 Å². The fourth-order valence-corrected chi connectivity index (χ4v) is 1.29.